The van der Waals surface area contributed by atoms with Gasteiger partial charge in [-0.1, -0.05) is 12.1 Å². The molecule has 2 N–H and O–H groups in total. The molecule has 2 aromatic carbocycles. The number of carbonyl (C=O) groups is 1. The molecular formula is C20H16N6O5S2. The first-order chi connectivity index (χ1) is 15.7. The van der Waals surface area contributed by atoms with Crippen LogP contribution >= 0.6 is 11.3 Å². The molecule has 11 nitrogen and oxygen atoms in total. The Morgan fingerprint density at radius 1 is 1.12 bits per heavy atom. The maximum atomic E-state index is 12.6. The summed E-state index contributed by atoms with van der Waals surface area (Å²) in [5.41, 5.74) is 2.66. The van der Waals surface area contributed by atoms with Gasteiger partial charge in [0.05, 0.1) is 34.3 Å². The number of nitrogens with one attached hydrogen (secondary N) is 2. The fourth-order valence-corrected chi connectivity index (χ4v) is 4.14. The van der Waals surface area contributed by atoms with Crippen molar-refractivity contribution in [3.05, 3.63) is 82.0 Å². The summed E-state index contributed by atoms with van der Waals surface area (Å²) in [4.78, 5) is 27.3. The van der Waals surface area contributed by atoms with Crippen LogP contribution in [0.2, 0.25) is 0 Å². The highest BCUT2D eigenvalue weighted by Crippen LogP contribution is 2.26. The first kappa shape index (κ1) is 22.1. The Morgan fingerprint density at radius 2 is 1.82 bits per heavy atom. The van der Waals surface area contributed by atoms with E-state index < -0.39 is 20.9 Å². The molecule has 33 heavy (non-hydrogen) atoms. The molecule has 0 aliphatic heterocycles. The van der Waals surface area contributed by atoms with E-state index in [0.717, 1.165) is 11.8 Å². The average Bonchev–Trinajstić information content (AvgIpc) is 3.43. The summed E-state index contributed by atoms with van der Waals surface area (Å²) in [6.07, 6.45) is 3.98. The molecule has 0 radical (unpaired) electrons. The van der Waals surface area contributed by atoms with Gasteiger partial charge in [-0.05, 0) is 24.3 Å². The summed E-state index contributed by atoms with van der Waals surface area (Å²) in [7, 11) is -3.36. The summed E-state index contributed by atoms with van der Waals surface area (Å²) in [5, 5.41) is 19.8. The average molecular weight is 485 g/mol. The van der Waals surface area contributed by atoms with Crippen LogP contribution in [0.15, 0.2) is 66.3 Å². The third-order valence-electron chi connectivity index (χ3n) is 4.38. The number of nitrogens with zero attached hydrogens (tertiary/aromatic N) is 4. The number of nitro benzene ring substituents is 1. The van der Waals surface area contributed by atoms with E-state index in [2.05, 4.69) is 20.1 Å². The molecule has 0 aliphatic carbocycles. The molecule has 0 spiro atoms. The van der Waals surface area contributed by atoms with E-state index >= 15 is 0 Å². The normalized spacial score (nSPS) is 11.2. The SMILES string of the molecule is CS(=O)(=O)Nc1ccc(-c2csc(NC(=O)c3cnn(-c4ccc([N+](=O)[O-])cc4)c3)n2)cc1. The van der Waals surface area contributed by atoms with Gasteiger partial charge in [-0.3, -0.25) is 24.9 Å². The van der Waals surface area contributed by atoms with Gasteiger partial charge < -0.3 is 0 Å². The van der Waals surface area contributed by atoms with Gasteiger partial charge in [-0.2, -0.15) is 5.10 Å². The number of aromatic nitrogens is 3. The third-order valence-corrected chi connectivity index (χ3v) is 5.74. The largest absolute Gasteiger partial charge is 0.298 e. The zero-order chi connectivity index (χ0) is 23.6. The molecule has 2 aromatic heterocycles. The van der Waals surface area contributed by atoms with Gasteiger partial charge in [0.1, 0.15) is 0 Å². The van der Waals surface area contributed by atoms with Crippen LogP contribution in [0.3, 0.4) is 0 Å². The van der Waals surface area contributed by atoms with Crippen molar-refractivity contribution in [1.29, 1.82) is 0 Å². The van der Waals surface area contributed by atoms with Crippen LogP contribution in [0, 0.1) is 10.1 Å². The highest BCUT2D eigenvalue weighted by Gasteiger charge is 2.13. The second kappa shape index (κ2) is 8.80. The molecule has 168 valence electrons. The van der Waals surface area contributed by atoms with Gasteiger partial charge in [-0.15, -0.1) is 11.3 Å². The topological polar surface area (TPSA) is 149 Å². The quantitative estimate of drug-likeness (QED) is 0.301. The second-order valence-electron chi connectivity index (χ2n) is 6.89. The lowest BCUT2D eigenvalue weighted by Crippen LogP contribution is -2.10. The van der Waals surface area contributed by atoms with Gasteiger partial charge in [0.15, 0.2) is 5.13 Å². The fraction of sp³-hybridized carbons (Fsp3) is 0.0500. The van der Waals surface area contributed by atoms with Crippen LogP contribution in [0.4, 0.5) is 16.5 Å². The van der Waals surface area contributed by atoms with Crippen molar-refractivity contribution in [2.45, 2.75) is 0 Å². The maximum Gasteiger partial charge on any atom is 0.269 e. The first-order valence-corrected chi connectivity index (χ1v) is 12.1. The zero-order valence-corrected chi connectivity index (χ0v) is 18.6. The molecule has 0 saturated carbocycles. The van der Waals surface area contributed by atoms with E-state index in [0.29, 0.717) is 27.8 Å². The lowest BCUT2D eigenvalue weighted by Gasteiger charge is -2.04. The van der Waals surface area contributed by atoms with E-state index in [-0.39, 0.29) is 5.69 Å². The first-order valence-electron chi connectivity index (χ1n) is 9.32. The van der Waals surface area contributed by atoms with Crippen molar-refractivity contribution in [3.63, 3.8) is 0 Å². The molecule has 0 atom stereocenters. The van der Waals surface area contributed by atoms with Crippen molar-refractivity contribution >= 4 is 43.8 Å². The van der Waals surface area contributed by atoms with Gasteiger partial charge in [0.2, 0.25) is 10.0 Å². The summed E-state index contributed by atoms with van der Waals surface area (Å²) in [6.45, 7) is 0. The number of rotatable bonds is 7. The minimum Gasteiger partial charge on any atom is -0.298 e. The van der Waals surface area contributed by atoms with Gasteiger partial charge in [-0.25, -0.2) is 18.1 Å². The number of carbonyl (C=O) groups excluding carboxylic acids is 1. The van der Waals surface area contributed by atoms with Crippen LogP contribution in [0.1, 0.15) is 10.4 Å². The molecule has 0 saturated heterocycles. The lowest BCUT2D eigenvalue weighted by atomic mass is 10.1. The van der Waals surface area contributed by atoms with Crippen LogP contribution in [0.5, 0.6) is 0 Å². The van der Waals surface area contributed by atoms with Crippen molar-refractivity contribution in [1.82, 2.24) is 14.8 Å². The van der Waals surface area contributed by atoms with E-state index in [1.54, 1.807) is 29.6 Å². The third kappa shape index (κ3) is 5.39. The monoisotopic (exact) mass is 484 g/mol. The number of benzene rings is 2. The molecule has 0 fully saturated rings. The Labute approximate surface area is 191 Å². The van der Waals surface area contributed by atoms with Crippen molar-refractivity contribution in [2.75, 3.05) is 16.3 Å². The maximum absolute atomic E-state index is 12.6. The molecule has 0 unspecified atom stereocenters. The van der Waals surface area contributed by atoms with Gasteiger partial charge >= 0.3 is 0 Å². The smallest absolute Gasteiger partial charge is 0.269 e. The standard InChI is InChI=1S/C20H16N6O5S2/c1-33(30,31)24-15-4-2-13(3-5-15)18-12-32-20(22-18)23-19(27)14-10-21-25(11-14)16-6-8-17(9-7-16)26(28)29/h2-12,24H,1H3,(H,22,23,27). The number of hydrogen-bond donors (Lipinski definition) is 2. The molecule has 0 aliphatic rings. The van der Waals surface area contributed by atoms with E-state index in [1.165, 1.54) is 52.7 Å². The fourth-order valence-electron chi connectivity index (χ4n) is 2.86. The van der Waals surface area contributed by atoms with E-state index in [9.17, 15) is 23.3 Å². The van der Waals surface area contributed by atoms with Crippen LogP contribution < -0.4 is 10.0 Å². The number of hydrogen-bond acceptors (Lipinski definition) is 8. The summed E-state index contributed by atoms with van der Waals surface area (Å²) in [6, 6.07) is 12.5. The van der Waals surface area contributed by atoms with Crippen molar-refractivity contribution in [3.8, 4) is 16.9 Å². The Kier molecular flexibility index (Phi) is 5.89. The van der Waals surface area contributed by atoms with E-state index in [4.69, 9.17) is 0 Å². The van der Waals surface area contributed by atoms with Crippen LogP contribution in [-0.4, -0.2) is 40.3 Å². The minimum absolute atomic E-state index is 0.0373. The number of anilines is 2. The van der Waals surface area contributed by atoms with Crippen molar-refractivity contribution in [2.24, 2.45) is 0 Å². The number of amides is 1. The van der Waals surface area contributed by atoms with Crippen LogP contribution in [-0.2, 0) is 10.0 Å². The second-order valence-corrected chi connectivity index (χ2v) is 9.50. The molecule has 0 bridgehead atoms. The highest BCUT2D eigenvalue weighted by molar-refractivity contribution is 7.92. The molecule has 4 rings (SSSR count). The predicted octanol–water partition coefficient (Wildman–Crippen LogP) is 3.53. The van der Waals surface area contributed by atoms with Gasteiger partial charge in [0.25, 0.3) is 11.6 Å². The molecule has 13 heteroatoms. The lowest BCUT2D eigenvalue weighted by molar-refractivity contribution is -0.384. The van der Waals surface area contributed by atoms with Crippen molar-refractivity contribution < 1.29 is 18.1 Å². The summed E-state index contributed by atoms with van der Waals surface area (Å²) in [5.74, 6) is -0.406. The Hall–Kier alpha value is -4.10. The van der Waals surface area contributed by atoms with E-state index in [1.807, 2.05) is 0 Å². The summed E-state index contributed by atoms with van der Waals surface area (Å²) < 4.78 is 26.4. The van der Waals surface area contributed by atoms with Crippen LogP contribution in [0.25, 0.3) is 16.9 Å². The predicted molar refractivity (Wildman–Crippen MR) is 124 cm³/mol. The molecule has 2 heterocycles. The molecular weight excluding hydrogens is 468 g/mol. The molecule has 4 aromatic rings. The number of sulfonamides is 1. The van der Waals surface area contributed by atoms with Gasteiger partial charge in [0, 0.05) is 35.0 Å². The Bertz CT molecular complexity index is 1430. The minimum atomic E-state index is -3.36. The number of nitro groups is 1. The number of thiazole rings is 1. The Morgan fingerprint density at radius 3 is 2.45 bits per heavy atom. The summed E-state index contributed by atoms with van der Waals surface area (Å²) >= 11 is 1.24. The molecule has 1 amide bonds. The Balaban J connectivity index is 1.43. The number of non-ortho nitro benzene ring substituents is 1. The highest BCUT2D eigenvalue weighted by atomic mass is 32.2. The zero-order valence-electron chi connectivity index (χ0n) is 17.0.